The van der Waals surface area contributed by atoms with Gasteiger partial charge in [0.25, 0.3) is 0 Å². The van der Waals surface area contributed by atoms with Gasteiger partial charge in [0.1, 0.15) is 8.07 Å². The molecule has 0 unspecified atom stereocenters. The first-order valence-corrected chi connectivity index (χ1v) is 10.5. The summed E-state index contributed by atoms with van der Waals surface area (Å²) >= 11 is 0. The molecule has 1 aromatic rings. The lowest BCUT2D eigenvalue weighted by molar-refractivity contribution is 0.361. The molecule has 0 aliphatic heterocycles. The third kappa shape index (κ3) is 3.84. The summed E-state index contributed by atoms with van der Waals surface area (Å²) in [6, 6.07) is 11.0. The van der Waals surface area contributed by atoms with Gasteiger partial charge in [-0.25, -0.2) is 0 Å². The van der Waals surface area contributed by atoms with E-state index in [4.69, 9.17) is 0 Å². The SMILES string of the molecule is C[Si](C)(/C=C/CC1CCCCC1)c1ccccc1. The van der Waals surface area contributed by atoms with Crippen molar-refractivity contribution in [2.45, 2.75) is 51.6 Å². The average molecular weight is 258 g/mol. The second kappa shape index (κ2) is 6.37. The molecule has 0 bridgehead atoms. The van der Waals surface area contributed by atoms with Crippen LogP contribution >= 0.6 is 0 Å². The highest BCUT2D eigenvalue weighted by molar-refractivity contribution is 6.93. The average Bonchev–Trinajstić information content (AvgIpc) is 2.41. The molecular formula is C17H26Si. The molecule has 0 atom stereocenters. The van der Waals surface area contributed by atoms with E-state index in [1.165, 1.54) is 38.5 Å². The first kappa shape index (κ1) is 13.6. The molecule has 0 saturated heterocycles. The van der Waals surface area contributed by atoms with Gasteiger partial charge in [-0.3, -0.25) is 0 Å². The zero-order chi connectivity index (χ0) is 12.8. The van der Waals surface area contributed by atoms with E-state index in [0.717, 1.165) is 5.92 Å². The molecule has 1 aliphatic rings. The van der Waals surface area contributed by atoms with Crippen LogP contribution < -0.4 is 5.19 Å². The molecular weight excluding hydrogens is 232 g/mol. The van der Waals surface area contributed by atoms with Crippen LogP contribution in [0.3, 0.4) is 0 Å². The highest BCUT2D eigenvalue weighted by Crippen LogP contribution is 2.26. The van der Waals surface area contributed by atoms with Gasteiger partial charge in [0.2, 0.25) is 0 Å². The summed E-state index contributed by atoms with van der Waals surface area (Å²) in [4.78, 5) is 0. The molecule has 1 aromatic carbocycles. The van der Waals surface area contributed by atoms with Crippen molar-refractivity contribution < 1.29 is 0 Å². The number of benzene rings is 1. The minimum atomic E-state index is -1.34. The molecule has 0 N–H and O–H groups in total. The highest BCUT2D eigenvalue weighted by Gasteiger charge is 2.19. The monoisotopic (exact) mass is 258 g/mol. The Hall–Kier alpha value is -0.823. The molecule has 1 aliphatic carbocycles. The minimum Gasteiger partial charge on any atom is -0.0943 e. The largest absolute Gasteiger partial charge is 0.103 e. The third-order valence-electron chi connectivity index (χ3n) is 4.25. The molecule has 98 valence electrons. The van der Waals surface area contributed by atoms with Crippen molar-refractivity contribution in [2.24, 2.45) is 5.92 Å². The summed E-state index contributed by atoms with van der Waals surface area (Å²) < 4.78 is 0. The van der Waals surface area contributed by atoms with Crippen LogP contribution in [0.25, 0.3) is 0 Å². The summed E-state index contributed by atoms with van der Waals surface area (Å²) in [6.45, 7) is 4.89. The van der Waals surface area contributed by atoms with Gasteiger partial charge in [-0.1, -0.05) is 92.5 Å². The normalized spacial score (nSPS) is 18.3. The van der Waals surface area contributed by atoms with Gasteiger partial charge in [0.05, 0.1) is 0 Å². The van der Waals surface area contributed by atoms with E-state index in [1.807, 2.05) is 0 Å². The quantitative estimate of drug-likeness (QED) is 0.689. The first-order valence-electron chi connectivity index (χ1n) is 7.42. The first-order chi connectivity index (χ1) is 8.68. The van der Waals surface area contributed by atoms with Crippen molar-refractivity contribution in [3.63, 3.8) is 0 Å². The van der Waals surface area contributed by atoms with Crippen LogP contribution in [0.5, 0.6) is 0 Å². The molecule has 2 rings (SSSR count). The zero-order valence-electron chi connectivity index (χ0n) is 11.9. The van der Waals surface area contributed by atoms with Crippen LogP contribution in [0.15, 0.2) is 42.1 Å². The number of allylic oxidation sites excluding steroid dienone is 1. The van der Waals surface area contributed by atoms with Crippen molar-refractivity contribution in [1.29, 1.82) is 0 Å². The summed E-state index contributed by atoms with van der Waals surface area (Å²) in [5.74, 6) is 0.968. The van der Waals surface area contributed by atoms with E-state index in [1.54, 1.807) is 5.19 Å². The van der Waals surface area contributed by atoms with E-state index >= 15 is 0 Å². The molecule has 1 heteroatoms. The Balaban J connectivity index is 1.91. The van der Waals surface area contributed by atoms with E-state index < -0.39 is 8.07 Å². The Bertz CT molecular complexity index is 372. The fraction of sp³-hybridized carbons (Fsp3) is 0.529. The van der Waals surface area contributed by atoms with E-state index in [2.05, 4.69) is 55.2 Å². The maximum absolute atomic E-state index is 2.54. The van der Waals surface area contributed by atoms with Gasteiger partial charge >= 0.3 is 0 Å². The van der Waals surface area contributed by atoms with Crippen molar-refractivity contribution in [2.75, 3.05) is 0 Å². The van der Waals surface area contributed by atoms with Gasteiger partial charge < -0.3 is 0 Å². The van der Waals surface area contributed by atoms with E-state index in [0.29, 0.717) is 0 Å². The Morgan fingerprint density at radius 3 is 2.39 bits per heavy atom. The zero-order valence-corrected chi connectivity index (χ0v) is 12.9. The van der Waals surface area contributed by atoms with Crippen LogP contribution in [0, 0.1) is 5.92 Å². The van der Waals surface area contributed by atoms with Crippen molar-refractivity contribution >= 4 is 13.3 Å². The van der Waals surface area contributed by atoms with Crippen LogP contribution in [0.4, 0.5) is 0 Å². The predicted molar refractivity (Wildman–Crippen MR) is 83.9 cm³/mol. The lowest BCUT2D eigenvalue weighted by atomic mass is 9.87. The van der Waals surface area contributed by atoms with Crippen LogP contribution in [-0.2, 0) is 0 Å². The Morgan fingerprint density at radius 2 is 1.72 bits per heavy atom. The minimum absolute atomic E-state index is 0.968. The second-order valence-corrected chi connectivity index (χ2v) is 10.6. The Morgan fingerprint density at radius 1 is 1.06 bits per heavy atom. The number of hydrogen-bond acceptors (Lipinski definition) is 0. The van der Waals surface area contributed by atoms with Crippen LogP contribution in [0.1, 0.15) is 38.5 Å². The second-order valence-electron chi connectivity index (χ2n) is 6.23. The molecule has 0 radical (unpaired) electrons. The molecule has 0 amide bonds. The Labute approximate surface area is 113 Å². The van der Waals surface area contributed by atoms with Gasteiger partial charge in [0, 0.05) is 0 Å². The van der Waals surface area contributed by atoms with Crippen LogP contribution in [0.2, 0.25) is 13.1 Å². The van der Waals surface area contributed by atoms with Gasteiger partial charge in [-0.2, -0.15) is 0 Å². The van der Waals surface area contributed by atoms with Crippen molar-refractivity contribution in [1.82, 2.24) is 0 Å². The lowest BCUT2D eigenvalue weighted by Gasteiger charge is -2.21. The molecule has 0 nitrogen and oxygen atoms in total. The molecule has 0 spiro atoms. The number of hydrogen-bond donors (Lipinski definition) is 0. The fourth-order valence-electron chi connectivity index (χ4n) is 2.94. The highest BCUT2D eigenvalue weighted by atomic mass is 28.3. The molecule has 18 heavy (non-hydrogen) atoms. The van der Waals surface area contributed by atoms with Crippen molar-refractivity contribution in [3.05, 3.63) is 42.1 Å². The van der Waals surface area contributed by atoms with Crippen LogP contribution in [-0.4, -0.2) is 8.07 Å². The molecule has 1 fully saturated rings. The number of rotatable bonds is 4. The Kier molecular flexibility index (Phi) is 4.82. The molecule has 1 saturated carbocycles. The summed E-state index contributed by atoms with van der Waals surface area (Å²) in [7, 11) is -1.34. The fourth-order valence-corrected chi connectivity index (χ4v) is 4.91. The summed E-state index contributed by atoms with van der Waals surface area (Å²) in [5, 5.41) is 1.55. The van der Waals surface area contributed by atoms with E-state index in [-0.39, 0.29) is 0 Å². The molecule has 0 aromatic heterocycles. The predicted octanol–water partition coefficient (Wildman–Crippen LogP) is 4.67. The maximum atomic E-state index is 2.54. The standard InChI is InChI=1S/C17H26Si/c1-18(2,17-13-7-4-8-14-17)15-9-12-16-10-5-3-6-11-16/h4,7-9,13-16H,3,5-6,10-12H2,1-2H3/b15-9+. The summed E-state index contributed by atoms with van der Waals surface area (Å²) in [5.41, 5.74) is 2.54. The summed E-state index contributed by atoms with van der Waals surface area (Å²) in [6.07, 6.45) is 11.1. The van der Waals surface area contributed by atoms with E-state index in [9.17, 15) is 0 Å². The van der Waals surface area contributed by atoms with Gasteiger partial charge in [-0.15, -0.1) is 0 Å². The third-order valence-corrected chi connectivity index (χ3v) is 7.14. The smallest absolute Gasteiger partial charge is 0.0943 e. The maximum Gasteiger partial charge on any atom is 0.103 e. The van der Waals surface area contributed by atoms with Gasteiger partial charge in [0.15, 0.2) is 0 Å². The van der Waals surface area contributed by atoms with Gasteiger partial charge in [-0.05, 0) is 12.3 Å². The molecule has 0 heterocycles. The topological polar surface area (TPSA) is 0 Å². The van der Waals surface area contributed by atoms with Crippen molar-refractivity contribution in [3.8, 4) is 0 Å². The lowest BCUT2D eigenvalue weighted by Crippen LogP contribution is -2.39.